The summed E-state index contributed by atoms with van der Waals surface area (Å²) in [6, 6.07) is 9.32. The maximum atomic E-state index is 13.3. The highest BCUT2D eigenvalue weighted by Gasteiger charge is 2.72. The molecule has 3 N–H and O–H groups in total. The zero-order chi connectivity index (χ0) is 18.7. The summed E-state index contributed by atoms with van der Waals surface area (Å²) in [6.45, 7) is 0. The predicted molar refractivity (Wildman–Crippen MR) is 79.8 cm³/mol. The number of nitrogens with one attached hydrogen (secondary N) is 3. The number of para-hydroxylation sites is 1. The van der Waals surface area contributed by atoms with Crippen molar-refractivity contribution in [3.63, 3.8) is 0 Å². The van der Waals surface area contributed by atoms with E-state index in [2.05, 4.69) is 0 Å². The Morgan fingerprint density at radius 3 is 1.96 bits per heavy atom. The molecule has 0 saturated carbocycles. The normalized spacial score (nSPS) is 12.7. The minimum atomic E-state index is -5.88. The van der Waals surface area contributed by atoms with Gasteiger partial charge in [0.15, 0.2) is 0 Å². The van der Waals surface area contributed by atoms with Crippen LogP contribution in [0.3, 0.4) is 0 Å². The van der Waals surface area contributed by atoms with Crippen molar-refractivity contribution in [2.24, 2.45) is 0 Å². The molecule has 11 heteroatoms. The van der Waals surface area contributed by atoms with Crippen LogP contribution >= 0.6 is 11.3 Å². The number of carbonyl (C=O) groups excluding carboxylic acids is 1. The van der Waals surface area contributed by atoms with E-state index in [4.69, 9.17) is 0 Å². The summed E-state index contributed by atoms with van der Waals surface area (Å²) in [5.74, 6) is -1.51. The maximum Gasteiger partial charge on any atom is 0.436 e. The minimum Gasteiger partial charge on any atom is -0.319 e. The zero-order valence-electron chi connectivity index (χ0n) is 12.2. The van der Waals surface area contributed by atoms with E-state index in [-0.39, 0.29) is 10.6 Å². The minimum absolute atomic E-state index is 0.0502. The number of benzene rings is 1. The molecule has 0 radical (unpaired) electrons. The summed E-state index contributed by atoms with van der Waals surface area (Å²) in [4.78, 5) is 11.6. The second-order valence-electron chi connectivity index (χ2n) is 4.79. The van der Waals surface area contributed by atoms with Crippen LogP contribution in [0.5, 0.6) is 0 Å². The van der Waals surface area contributed by atoms with Gasteiger partial charge in [0.05, 0.1) is 4.88 Å². The molecule has 1 aromatic carbocycles. The predicted octanol–water partition coefficient (Wildman–Crippen LogP) is 3.92. The van der Waals surface area contributed by atoms with Crippen molar-refractivity contribution in [3.8, 4) is 0 Å². The van der Waals surface area contributed by atoms with Gasteiger partial charge in [0.1, 0.15) is 0 Å². The van der Waals surface area contributed by atoms with Gasteiger partial charge < -0.3 is 10.7 Å². The Labute approximate surface area is 141 Å². The summed E-state index contributed by atoms with van der Waals surface area (Å²) in [5, 5.41) is 2.39. The third-order valence-corrected chi connectivity index (χ3v) is 3.93. The number of amides is 1. The van der Waals surface area contributed by atoms with Crippen molar-refractivity contribution in [2.45, 2.75) is 18.0 Å². The maximum absolute atomic E-state index is 13.3. The van der Waals surface area contributed by atoms with Crippen LogP contribution in [0, 0.1) is 0 Å². The van der Waals surface area contributed by atoms with Crippen molar-refractivity contribution >= 4 is 22.9 Å². The Bertz CT molecular complexity index is 686. The largest absolute Gasteiger partial charge is 0.436 e. The van der Waals surface area contributed by atoms with Crippen LogP contribution in [-0.2, 0) is 0 Å². The first-order chi connectivity index (χ1) is 11.6. The molecule has 0 fully saturated rings. The third kappa shape index (κ3) is 4.04. The lowest BCUT2D eigenvalue weighted by Crippen LogP contribution is -2.76. The van der Waals surface area contributed by atoms with E-state index in [1.165, 1.54) is 47.2 Å². The number of carbonyl (C=O) groups is 1. The number of thiophene rings is 1. The highest BCUT2D eigenvalue weighted by Crippen LogP contribution is 2.41. The second-order valence-corrected chi connectivity index (χ2v) is 5.74. The molecule has 4 nitrogen and oxygen atoms in total. The standard InChI is InChI=1S/C14H11F6N3OS/c15-13(16,17)12(14(18,19)20,21-11(24)10-7-4-8-25-10)23-22-9-5-2-1-3-6-9/h1-8,22-23H,(H,21,24). The lowest BCUT2D eigenvalue weighted by Gasteiger charge is -2.38. The lowest BCUT2D eigenvalue weighted by molar-refractivity contribution is -0.312. The summed E-state index contributed by atoms with van der Waals surface area (Å²) in [6.07, 6.45) is -11.8. The van der Waals surface area contributed by atoms with E-state index < -0.39 is 23.9 Å². The van der Waals surface area contributed by atoms with Gasteiger partial charge >= 0.3 is 18.0 Å². The molecular formula is C14H11F6N3OS. The fraction of sp³-hybridized carbons (Fsp3) is 0.214. The number of alkyl halides is 6. The number of hydrazine groups is 1. The molecule has 0 aliphatic rings. The van der Waals surface area contributed by atoms with Gasteiger partial charge in [-0.1, -0.05) is 24.3 Å². The van der Waals surface area contributed by atoms with Crippen molar-refractivity contribution < 1.29 is 31.1 Å². The fourth-order valence-electron chi connectivity index (χ4n) is 1.80. The van der Waals surface area contributed by atoms with Gasteiger partial charge in [-0.15, -0.1) is 11.3 Å². The Kier molecular flexibility index (Phi) is 5.28. The van der Waals surface area contributed by atoms with Crippen LogP contribution in [0.2, 0.25) is 0 Å². The van der Waals surface area contributed by atoms with Crippen LogP contribution in [0.4, 0.5) is 32.0 Å². The topological polar surface area (TPSA) is 53.2 Å². The van der Waals surface area contributed by atoms with E-state index in [1.807, 2.05) is 5.43 Å². The van der Waals surface area contributed by atoms with Gasteiger partial charge in [-0.25, -0.2) is 0 Å². The molecule has 0 saturated heterocycles. The van der Waals surface area contributed by atoms with E-state index in [0.29, 0.717) is 11.3 Å². The molecule has 1 heterocycles. The summed E-state index contributed by atoms with van der Waals surface area (Å²) in [5.41, 5.74) is -1.69. The number of halogens is 6. The van der Waals surface area contributed by atoms with Gasteiger partial charge in [0.25, 0.3) is 5.91 Å². The van der Waals surface area contributed by atoms with Crippen LogP contribution in [0.15, 0.2) is 47.8 Å². The molecule has 1 aromatic heterocycles. The first kappa shape index (κ1) is 19.1. The quantitative estimate of drug-likeness (QED) is 0.417. The molecule has 0 aliphatic heterocycles. The molecule has 2 aromatic rings. The molecule has 0 spiro atoms. The van der Waals surface area contributed by atoms with E-state index in [9.17, 15) is 31.1 Å². The van der Waals surface area contributed by atoms with Crippen LogP contribution in [0.1, 0.15) is 9.67 Å². The number of rotatable bonds is 5. The Morgan fingerprint density at radius 2 is 1.48 bits per heavy atom. The number of hydrogen-bond donors (Lipinski definition) is 3. The highest BCUT2D eigenvalue weighted by atomic mass is 32.1. The molecule has 0 aliphatic carbocycles. The lowest BCUT2D eigenvalue weighted by atomic mass is 10.1. The molecule has 0 unspecified atom stereocenters. The highest BCUT2D eigenvalue weighted by molar-refractivity contribution is 7.12. The first-order valence-electron chi connectivity index (χ1n) is 6.64. The van der Waals surface area contributed by atoms with Crippen LogP contribution < -0.4 is 16.2 Å². The third-order valence-electron chi connectivity index (χ3n) is 3.06. The van der Waals surface area contributed by atoms with E-state index in [1.54, 1.807) is 0 Å². The molecule has 2 rings (SSSR count). The molecule has 0 atom stereocenters. The Hall–Kier alpha value is -2.27. The van der Waals surface area contributed by atoms with Crippen molar-refractivity contribution in [1.82, 2.24) is 10.7 Å². The number of anilines is 1. The second kappa shape index (κ2) is 6.92. The monoisotopic (exact) mass is 383 g/mol. The first-order valence-corrected chi connectivity index (χ1v) is 7.52. The molecular weight excluding hydrogens is 372 g/mol. The van der Waals surface area contributed by atoms with Gasteiger partial charge in [-0.3, -0.25) is 4.79 Å². The summed E-state index contributed by atoms with van der Waals surface area (Å²) >= 11 is 0.713. The van der Waals surface area contributed by atoms with Gasteiger partial charge in [-0.2, -0.15) is 31.8 Å². The smallest absolute Gasteiger partial charge is 0.319 e. The summed E-state index contributed by atoms with van der Waals surface area (Å²) in [7, 11) is 0. The van der Waals surface area contributed by atoms with Crippen molar-refractivity contribution in [1.29, 1.82) is 0 Å². The van der Waals surface area contributed by atoms with E-state index >= 15 is 0 Å². The molecule has 136 valence electrons. The SMILES string of the molecule is O=C(NC(NNc1ccccc1)(C(F)(F)F)C(F)(F)F)c1cccs1. The zero-order valence-corrected chi connectivity index (χ0v) is 13.0. The average molecular weight is 383 g/mol. The van der Waals surface area contributed by atoms with Gasteiger partial charge in [0, 0.05) is 5.69 Å². The fourth-order valence-corrected chi connectivity index (χ4v) is 2.42. The van der Waals surface area contributed by atoms with Gasteiger partial charge in [0.2, 0.25) is 0 Å². The van der Waals surface area contributed by atoms with Crippen molar-refractivity contribution in [3.05, 3.63) is 52.7 Å². The van der Waals surface area contributed by atoms with Crippen molar-refractivity contribution in [2.75, 3.05) is 5.43 Å². The number of hydrogen-bond acceptors (Lipinski definition) is 4. The Balaban J connectivity index is 2.36. The molecule has 0 bridgehead atoms. The summed E-state index contributed by atoms with van der Waals surface area (Å²) < 4.78 is 80.1. The molecule has 1 amide bonds. The van der Waals surface area contributed by atoms with Crippen LogP contribution in [0.25, 0.3) is 0 Å². The van der Waals surface area contributed by atoms with E-state index in [0.717, 1.165) is 11.4 Å². The molecule has 25 heavy (non-hydrogen) atoms. The Morgan fingerprint density at radius 1 is 0.880 bits per heavy atom. The van der Waals surface area contributed by atoms with Crippen LogP contribution in [-0.4, -0.2) is 23.9 Å². The van der Waals surface area contributed by atoms with Gasteiger partial charge in [-0.05, 0) is 23.6 Å². The average Bonchev–Trinajstić information content (AvgIpc) is 3.04.